The van der Waals surface area contributed by atoms with E-state index in [0.29, 0.717) is 31.2 Å². The number of hydrogen-bond donors (Lipinski definition) is 1. The number of ether oxygens (including phenoxy) is 1. The molecule has 2 fully saturated rings. The molecule has 2 aliphatic heterocycles. The molecule has 7 heteroatoms. The summed E-state index contributed by atoms with van der Waals surface area (Å²) in [5, 5.41) is 2.97. The second-order valence-electron chi connectivity index (χ2n) is 8.34. The Morgan fingerprint density at radius 2 is 1.93 bits per heavy atom. The van der Waals surface area contributed by atoms with E-state index in [9.17, 15) is 9.59 Å². The molecule has 0 aliphatic carbocycles. The second-order valence-corrected chi connectivity index (χ2v) is 8.34. The molecule has 3 heterocycles. The van der Waals surface area contributed by atoms with Gasteiger partial charge in [0, 0.05) is 38.6 Å². The molecule has 7 nitrogen and oxygen atoms in total. The molecular weight excluding hydrogens is 344 g/mol. The summed E-state index contributed by atoms with van der Waals surface area (Å²) in [6.45, 7) is 10.3. The number of nitrogens with zero attached hydrogens (tertiary/aromatic N) is 3. The minimum Gasteiger partial charge on any atom is -0.373 e. The van der Waals surface area contributed by atoms with Crippen LogP contribution < -0.4 is 5.32 Å². The van der Waals surface area contributed by atoms with Crippen molar-refractivity contribution in [2.24, 2.45) is 0 Å². The van der Waals surface area contributed by atoms with Crippen LogP contribution in [0.1, 0.15) is 68.5 Å². The highest BCUT2D eigenvalue weighted by molar-refractivity contribution is 5.92. The van der Waals surface area contributed by atoms with Crippen molar-refractivity contribution in [1.29, 1.82) is 0 Å². The van der Waals surface area contributed by atoms with Crippen LogP contribution in [-0.4, -0.2) is 58.5 Å². The van der Waals surface area contributed by atoms with Gasteiger partial charge >= 0.3 is 0 Å². The fourth-order valence-electron chi connectivity index (χ4n) is 3.90. The van der Waals surface area contributed by atoms with Gasteiger partial charge in [-0.2, -0.15) is 0 Å². The topological polar surface area (TPSA) is 84.4 Å². The Morgan fingerprint density at radius 3 is 2.52 bits per heavy atom. The third-order valence-corrected chi connectivity index (χ3v) is 5.92. The SMILES string of the molecule is CC(=O)N1CCC(C)(c2cc(C(=O)NC[C@@]3(C)CCCO3)nc(C)n2)CC1. The van der Waals surface area contributed by atoms with Gasteiger partial charge in [-0.25, -0.2) is 9.97 Å². The molecule has 148 valence electrons. The Bertz CT molecular complexity index is 720. The molecule has 0 bridgehead atoms. The van der Waals surface area contributed by atoms with Crippen LogP contribution in [-0.2, 0) is 14.9 Å². The number of aryl methyl sites for hydroxylation is 1. The molecule has 1 N–H and O–H groups in total. The maximum Gasteiger partial charge on any atom is 0.270 e. The first-order valence-corrected chi connectivity index (χ1v) is 9.75. The Hall–Kier alpha value is -2.02. The van der Waals surface area contributed by atoms with Crippen LogP contribution >= 0.6 is 0 Å². The van der Waals surface area contributed by atoms with E-state index in [-0.39, 0.29) is 22.8 Å². The van der Waals surface area contributed by atoms with Crippen molar-refractivity contribution in [3.05, 3.63) is 23.3 Å². The molecule has 0 saturated carbocycles. The van der Waals surface area contributed by atoms with Crippen molar-refractivity contribution in [2.75, 3.05) is 26.2 Å². The van der Waals surface area contributed by atoms with Crippen LogP contribution in [0.3, 0.4) is 0 Å². The van der Waals surface area contributed by atoms with E-state index < -0.39 is 0 Å². The zero-order valence-corrected chi connectivity index (χ0v) is 16.8. The van der Waals surface area contributed by atoms with Gasteiger partial charge in [0.25, 0.3) is 5.91 Å². The largest absolute Gasteiger partial charge is 0.373 e. The van der Waals surface area contributed by atoms with E-state index in [1.165, 1.54) is 0 Å². The highest BCUT2D eigenvalue weighted by Gasteiger charge is 2.35. The Labute approximate surface area is 160 Å². The molecule has 1 aromatic heterocycles. The first-order valence-electron chi connectivity index (χ1n) is 9.75. The zero-order chi connectivity index (χ0) is 19.7. The van der Waals surface area contributed by atoms with E-state index >= 15 is 0 Å². The Balaban J connectivity index is 1.72. The summed E-state index contributed by atoms with van der Waals surface area (Å²) in [5.74, 6) is 0.512. The van der Waals surface area contributed by atoms with E-state index in [0.717, 1.165) is 38.0 Å². The van der Waals surface area contributed by atoms with Crippen LogP contribution in [0.5, 0.6) is 0 Å². The standard InChI is InChI=1S/C20H30N4O3/c1-14-22-16(18(26)21-13-20(4)6-5-11-27-20)12-17(23-14)19(3)7-9-24(10-8-19)15(2)25/h12H,5-11,13H2,1-4H3,(H,21,26)/t20-/m1/s1. The maximum absolute atomic E-state index is 12.7. The molecule has 0 radical (unpaired) electrons. The number of hydrogen-bond acceptors (Lipinski definition) is 5. The van der Waals surface area contributed by atoms with Crippen molar-refractivity contribution in [1.82, 2.24) is 20.2 Å². The highest BCUT2D eigenvalue weighted by Crippen LogP contribution is 2.34. The van der Waals surface area contributed by atoms with Crippen molar-refractivity contribution in [2.45, 2.75) is 64.4 Å². The monoisotopic (exact) mass is 374 g/mol. The molecule has 1 aromatic rings. The maximum atomic E-state index is 12.7. The number of carbonyl (C=O) groups excluding carboxylic acids is 2. The molecule has 27 heavy (non-hydrogen) atoms. The van der Waals surface area contributed by atoms with Crippen LogP contribution in [0.25, 0.3) is 0 Å². The summed E-state index contributed by atoms with van der Waals surface area (Å²) < 4.78 is 5.74. The quantitative estimate of drug-likeness (QED) is 0.871. The summed E-state index contributed by atoms with van der Waals surface area (Å²) in [7, 11) is 0. The van der Waals surface area contributed by atoms with Crippen molar-refractivity contribution >= 4 is 11.8 Å². The number of carbonyl (C=O) groups is 2. The summed E-state index contributed by atoms with van der Waals surface area (Å²) in [6, 6.07) is 1.81. The number of amides is 2. The normalized spacial score (nSPS) is 24.7. The van der Waals surface area contributed by atoms with Gasteiger partial charge in [0.15, 0.2) is 0 Å². The first-order chi connectivity index (χ1) is 12.7. The van der Waals surface area contributed by atoms with Crippen LogP contribution in [0, 0.1) is 6.92 Å². The van der Waals surface area contributed by atoms with E-state index in [4.69, 9.17) is 4.74 Å². The Morgan fingerprint density at radius 1 is 1.22 bits per heavy atom. The number of piperidine rings is 1. The molecule has 0 spiro atoms. The number of aromatic nitrogens is 2. The molecule has 3 rings (SSSR count). The third kappa shape index (κ3) is 4.46. The lowest BCUT2D eigenvalue weighted by Gasteiger charge is -2.38. The van der Waals surface area contributed by atoms with Gasteiger partial charge in [0.05, 0.1) is 11.3 Å². The van der Waals surface area contributed by atoms with Gasteiger partial charge in [-0.1, -0.05) is 6.92 Å². The van der Waals surface area contributed by atoms with Gasteiger partial charge < -0.3 is 15.0 Å². The van der Waals surface area contributed by atoms with Crippen molar-refractivity contribution in [3.63, 3.8) is 0 Å². The number of nitrogens with one attached hydrogen (secondary N) is 1. The van der Waals surface area contributed by atoms with E-state index in [1.54, 1.807) is 6.92 Å². The minimum atomic E-state index is -0.286. The summed E-state index contributed by atoms with van der Waals surface area (Å²) in [4.78, 5) is 35.1. The fourth-order valence-corrected chi connectivity index (χ4v) is 3.90. The lowest BCUT2D eigenvalue weighted by molar-refractivity contribution is -0.130. The molecule has 0 aromatic carbocycles. The van der Waals surface area contributed by atoms with Crippen LogP contribution in [0.4, 0.5) is 0 Å². The van der Waals surface area contributed by atoms with Gasteiger partial charge in [-0.15, -0.1) is 0 Å². The lowest BCUT2D eigenvalue weighted by Crippen LogP contribution is -2.44. The minimum absolute atomic E-state index is 0.110. The van der Waals surface area contributed by atoms with Crippen molar-refractivity contribution < 1.29 is 14.3 Å². The first kappa shape index (κ1) is 19.7. The van der Waals surface area contributed by atoms with Gasteiger partial charge in [0.2, 0.25) is 5.91 Å². The smallest absolute Gasteiger partial charge is 0.270 e. The molecular formula is C20H30N4O3. The van der Waals surface area contributed by atoms with E-state index in [1.807, 2.05) is 24.8 Å². The highest BCUT2D eigenvalue weighted by atomic mass is 16.5. The van der Waals surface area contributed by atoms with Gasteiger partial charge in [0.1, 0.15) is 11.5 Å². The van der Waals surface area contributed by atoms with E-state index in [2.05, 4.69) is 22.2 Å². The molecule has 0 unspecified atom stereocenters. The summed E-state index contributed by atoms with van der Waals surface area (Å²) >= 11 is 0. The fraction of sp³-hybridized carbons (Fsp3) is 0.700. The lowest BCUT2D eigenvalue weighted by atomic mass is 9.77. The number of rotatable bonds is 4. The van der Waals surface area contributed by atoms with Crippen LogP contribution in [0.15, 0.2) is 6.07 Å². The average molecular weight is 374 g/mol. The summed E-state index contributed by atoms with van der Waals surface area (Å²) in [5.41, 5.74) is 0.836. The number of likely N-dealkylation sites (tertiary alicyclic amines) is 1. The van der Waals surface area contributed by atoms with Crippen molar-refractivity contribution in [3.8, 4) is 0 Å². The second kappa shape index (κ2) is 7.54. The predicted molar refractivity (Wildman–Crippen MR) is 102 cm³/mol. The predicted octanol–water partition coefficient (Wildman–Crippen LogP) is 1.98. The third-order valence-electron chi connectivity index (χ3n) is 5.92. The Kier molecular flexibility index (Phi) is 5.51. The zero-order valence-electron chi connectivity index (χ0n) is 16.8. The van der Waals surface area contributed by atoms with Gasteiger partial charge in [-0.05, 0) is 45.6 Å². The summed E-state index contributed by atoms with van der Waals surface area (Å²) in [6.07, 6.45) is 3.64. The molecule has 2 saturated heterocycles. The molecule has 2 amide bonds. The van der Waals surface area contributed by atoms with Gasteiger partial charge in [-0.3, -0.25) is 9.59 Å². The molecule has 2 aliphatic rings. The average Bonchev–Trinajstić information content (AvgIpc) is 3.06. The van der Waals surface area contributed by atoms with Crippen LogP contribution in [0.2, 0.25) is 0 Å². The molecule has 1 atom stereocenters.